The average Bonchev–Trinajstić information content (AvgIpc) is 3.39. The first-order chi connectivity index (χ1) is 16.5. The zero-order chi connectivity index (χ0) is 24.1. The Morgan fingerprint density at radius 3 is 2.38 bits per heavy atom. The molecule has 5 nitrogen and oxygen atoms in total. The minimum absolute atomic E-state index is 0.0365. The first-order valence-corrected chi connectivity index (χ1v) is 11.6. The Kier molecular flexibility index (Phi) is 7.40. The number of halogens is 2. The van der Waals surface area contributed by atoms with Gasteiger partial charge in [0.15, 0.2) is 5.76 Å². The van der Waals surface area contributed by atoms with Crippen LogP contribution in [0.5, 0.6) is 0 Å². The van der Waals surface area contributed by atoms with Gasteiger partial charge in [0.1, 0.15) is 11.6 Å². The highest BCUT2D eigenvalue weighted by molar-refractivity contribution is 5.91. The SMILES string of the molecule is CCC(c1ccc(F)cc1)N(Cc1cccc(F)c1)C(=O)C1CCN(C(=O)c2ccco2)CC1. The maximum atomic E-state index is 13.9. The molecule has 1 atom stereocenters. The number of hydrogen-bond donors (Lipinski definition) is 0. The van der Waals surface area contributed by atoms with Crippen LogP contribution in [0.4, 0.5) is 8.78 Å². The van der Waals surface area contributed by atoms with Crippen molar-refractivity contribution in [2.75, 3.05) is 13.1 Å². The maximum Gasteiger partial charge on any atom is 0.289 e. The summed E-state index contributed by atoms with van der Waals surface area (Å²) in [6, 6.07) is 15.4. The van der Waals surface area contributed by atoms with E-state index in [-0.39, 0.29) is 42.0 Å². The maximum absolute atomic E-state index is 13.9. The van der Waals surface area contributed by atoms with Crippen LogP contribution in [0.3, 0.4) is 0 Å². The standard InChI is InChI=1S/C27H28F2N2O3/c1-2-24(20-8-10-22(28)11-9-20)31(18-19-5-3-6-23(29)17-19)26(32)21-12-14-30(15-13-21)27(33)25-7-4-16-34-25/h3-11,16-17,21,24H,2,12-15,18H2,1H3. The summed E-state index contributed by atoms with van der Waals surface area (Å²) in [6.07, 6.45) is 3.16. The number of hydrogen-bond acceptors (Lipinski definition) is 3. The first-order valence-electron chi connectivity index (χ1n) is 11.6. The van der Waals surface area contributed by atoms with Crippen molar-refractivity contribution in [3.05, 3.63) is 95.4 Å². The number of carbonyl (C=O) groups excluding carboxylic acids is 2. The van der Waals surface area contributed by atoms with E-state index in [1.165, 1.54) is 30.5 Å². The van der Waals surface area contributed by atoms with Crippen molar-refractivity contribution < 1.29 is 22.8 Å². The van der Waals surface area contributed by atoms with E-state index < -0.39 is 0 Å². The fraction of sp³-hybridized carbons (Fsp3) is 0.333. The molecule has 1 unspecified atom stereocenters. The largest absolute Gasteiger partial charge is 0.459 e. The smallest absolute Gasteiger partial charge is 0.289 e. The normalized spacial score (nSPS) is 15.2. The fourth-order valence-electron chi connectivity index (χ4n) is 4.61. The average molecular weight is 467 g/mol. The van der Waals surface area contributed by atoms with Crippen LogP contribution in [0.2, 0.25) is 0 Å². The third-order valence-corrected chi connectivity index (χ3v) is 6.41. The van der Waals surface area contributed by atoms with E-state index in [1.54, 1.807) is 46.2 Å². The van der Waals surface area contributed by atoms with Crippen LogP contribution in [-0.2, 0) is 11.3 Å². The molecule has 0 spiro atoms. The fourth-order valence-corrected chi connectivity index (χ4v) is 4.61. The van der Waals surface area contributed by atoms with Gasteiger partial charge in [-0.3, -0.25) is 9.59 Å². The summed E-state index contributed by atoms with van der Waals surface area (Å²) in [5.41, 5.74) is 1.53. The molecule has 2 amide bonds. The summed E-state index contributed by atoms with van der Waals surface area (Å²) in [6.45, 7) is 3.14. The third-order valence-electron chi connectivity index (χ3n) is 6.41. The van der Waals surface area contributed by atoms with Gasteiger partial charge in [0.25, 0.3) is 5.91 Å². The van der Waals surface area contributed by atoms with Gasteiger partial charge >= 0.3 is 0 Å². The van der Waals surface area contributed by atoms with Crippen molar-refractivity contribution in [3.63, 3.8) is 0 Å². The van der Waals surface area contributed by atoms with E-state index in [0.29, 0.717) is 43.7 Å². The lowest BCUT2D eigenvalue weighted by atomic mass is 9.92. The predicted octanol–water partition coefficient (Wildman–Crippen LogP) is 5.59. The van der Waals surface area contributed by atoms with Gasteiger partial charge in [-0.15, -0.1) is 0 Å². The highest BCUT2D eigenvalue weighted by Crippen LogP contribution is 2.31. The number of rotatable bonds is 7. The van der Waals surface area contributed by atoms with Crippen LogP contribution in [0.25, 0.3) is 0 Å². The van der Waals surface area contributed by atoms with Gasteiger partial charge < -0.3 is 14.2 Å². The Morgan fingerprint density at radius 1 is 1.03 bits per heavy atom. The van der Waals surface area contributed by atoms with Crippen molar-refractivity contribution in [1.82, 2.24) is 9.80 Å². The van der Waals surface area contributed by atoms with E-state index in [4.69, 9.17) is 4.42 Å². The van der Waals surface area contributed by atoms with E-state index in [9.17, 15) is 18.4 Å². The van der Waals surface area contributed by atoms with E-state index in [1.807, 2.05) is 6.92 Å². The summed E-state index contributed by atoms with van der Waals surface area (Å²) in [7, 11) is 0. The quantitative estimate of drug-likeness (QED) is 0.456. The molecule has 178 valence electrons. The second-order valence-corrected chi connectivity index (χ2v) is 8.62. The number of likely N-dealkylation sites (tertiary alicyclic amines) is 1. The Bertz CT molecular complexity index is 1110. The van der Waals surface area contributed by atoms with Crippen LogP contribution in [0, 0.1) is 17.6 Å². The van der Waals surface area contributed by atoms with Gasteiger partial charge in [-0.25, -0.2) is 8.78 Å². The van der Waals surface area contributed by atoms with Crippen molar-refractivity contribution in [3.8, 4) is 0 Å². The lowest BCUT2D eigenvalue weighted by molar-refractivity contribution is -0.140. The zero-order valence-electron chi connectivity index (χ0n) is 19.1. The Balaban J connectivity index is 1.53. The summed E-state index contributed by atoms with van der Waals surface area (Å²) in [5, 5.41) is 0. The summed E-state index contributed by atoms with van der Waals surface area (Å²) < 4.78 is 32.6. The van der Waals surface area contributed by atoms with E-state index in [2.05, 4.69) is 0 Å². The van der Waals surface area contributed by atoms with Gasteiger partial charge in [0, 0.05) is 25.6 Å². The minimum Gasteiger partial charge on any atom is -0.459 e. The second-order valence-electron chi connectivity index (χ2n) is 8.62. The topological polar surface area (TPSA) is 53.8 Å². The molecule has 2 aromatic carbocycles. The number of nitrogens with zero attached hydrogens (tertiary/aromatic N) is 2. The monoisotopic (exact) mass is 466 g/mol. The third kappa shape index (κ3) is 5.35. The molecule has 0 bridgehead atoms. The van der Waals surface area contributed by atoms with Crippen LogP contribution >= 0.6 is 0 Å². The summed E-state index contributed by atoms with van der Waals surface area (Å²) in [5.74, 6) is -0.876. The summed E-state index contributed by atoms with van der Waals surface area (Å²) >= 11 is 0. The van der Waals surface area contributed by atoms with Gasteiger partial charge in [-0.2, -0.15) is 0 Å². The van der Waals surface area contributed by atoms with Crippen LogP contribution in [0.15, 0.2) is 71.3 Å². The Labute approximate surface area is 198 Å². The molecule has 1 aliphatic heterocycles. The van der Waals surface area contributed by atoms with Crippen molar-refractivity contribution in [1.29, 1.82) is 0 Å². The molecule has 34 heavy (non-hydrogen) atoms. The molecular weight excluding hydrogens is 438 g/mol. The number of benzene rings is 2. The van der Waals surface area contributed by atoms with Crippen LogP contribution < -0.4 is 0 Å². The molecule has 1 aliphatic rings. The Morgan fingerprint density at radius 2 is 1.76 bits per heavy atom. The van der Waals surface area contributed by atoms with Crippen molar-refractivity contribution >= 4 is 11.8 Å². The van der Waals surface area contributed by atoms with Gasteiger partial charge in [0.2, 0.25) is 5.91 Å². The van der Waals surface area contributed by atoms with Crippen LogP contribution in [0.1, 0.15) is 53.9 Å². The van der Waals surface area contributed by atoms with Crippen molar-refractivity contribution in [2.45, 2.75) is 38.8 Å². The van der Waals surface area contributed by atoms with E-state index >= 15 is 0 Å². The molecule has 0 N–H and O–H groups in total. The lowest BCUT2D eigenvalue weighted by Gasteiger charge is -2.37. The van der Waals surface area contributed by atoms with Crippen molar-refractivity contribution in [2.24, 2.45) is 5.92 Å². The molecule has 7 heteroatoms. The molecule has 1 aromatic heterocycles. The predicted molar refractivity (Wildman–Crippen MR) is 124 cm³/mol. The molecular formula is C27H28F2N2O3. The minimum atomic E-state index is -0.357. The zero-order valence-corrected chi connectivity index (χ0v) is 19.1. The number of piperidine rings is 1. The Hall–Kier alpha value is -3.48. The van der Waals surface area contributed by atoms with Gasteiger partial charge in [-0.05, 0) is 66.8 Å². The molecule has 0 radical (unpaired) electrons. The lowest BCUT2D eigenvalue weighted by Crippen LogP contribution is -2.45. The molecule has 1 saturated heterocycles. The molecule has 3 aromatic rings. The number of carbonyl (C=O) groups is 2. The second kappa shape index (κ2) is 10.6. The number of amides is 2. The van der Waals surface area contributed by atoms with Gasteiger partial charge in [-0.1, -0.05) is 31.2 Å². The molecule has 0 saturated carbocycles. The number of furan rings is 1. The first kappa shape index (κ1) is 23.7. The molecule has 2 heterocycles. The highest BCUT2D eigenvalue weighted by atomic mass is 19.1. The summed E-state index contributed by atoms with van der Waals surface area (Å²) in [4.78, 5) is 29.8. The molecule has 4 rings (SSSR count). The van der Waals surface area contributed by atoms with Crippen LogP contribution in [-0.4, -0.2) is 34.7 Å². The molecule has 1 fully saturated rings. The molecule has 0 aliphatic carbocycles. The van der Waals surface area contributed by atoms with Gasteiger partial charge in [0.05, 0.1) is 12.3 Å². The van der Waals surface area contributed by atoms with E-state index in [0.717, 1.165) is 5.56 Å². The highest BCUT2D eigenvalue weighted by Gasteiger charge is 2.34.